The lowest BCUT2D eigenvalue weighted by Gasteiger charge is -2.30. The highest BCUT2D eigenvalue weighted by Gasteiger charge is 2.38. The van der Waals surface area contributed by atoms with Gasteiger partial charge in [-0.3, -0.25) is 9.59 Å². The third-order valence-electron chi connectivity index (χ3n) is 6.31. The molecular formula is C26H40O4. The Kier molecular flexibility index (Phi) is 11.0. The van der Waals surface area contributed by atoms with E-state index in [0.717, 1.165) is 37.7 Å². The van der Waals surface area contributed by atoms with Gasteiger partial charge in [0.1, 0.15) is 6.10 Å². The molecule has 0 spiro atoms. The molecule has 0 aromatic heterocycles. The zero-order valence-electron chi connectivity index (χ0n) is 19.1. The lowest BCUT2D eigenvalue weighted by Crippen LogP contribution is -2.36. The zero-order chi connectivity index (χ0) is 21.8. The van der Waals surface area contributed by atoms with Crippen molar-refractivity contribution in [1.82, 2.24) is 0 Å². The number of esters is 2. The van der Waals surface area contributed by atoms with Crippen molar-refractivity contribution in [2.45, 2.75) is 91.1 Å². The van der Waals surface area contributed by atoms with E-state index in [4.69, 9.17) is 9.47 Å². The molecule has 4 unspecified atom stereocenters. The van der Waals surface area contributed by atoms with Gasteiger partial charge in [0.05, 0.1) is 18.4 Å². The fraction of sp³-hybridized carbons (Fsp3) is 0.692. The molecular weight excluding hydrogens is 376 g/mol. The Morgan fingerprint density at radius 2 is 1.60 bits per heavy atom. The normalized spacial score (nSPS) is 20.9. The number of carbonyl (C=O) groups is 2. The first-order valence-electron chi connectivity index (χ1n) is 12.0. The van der Waals surface area contributed by atoms with Crippen molar-refractivity contribution in [2.75, 3.05) is 6.61 Å². The van der Waals surface area contributed by atoms with E-state index >= 15 is 0 Å². The molecule has 30 heavy (non-hydrogen) atoms. The second-order valence-electron chi connectivity index (χ2n) is 8.77. The van der Waals surface area contributed by atoms with Crippen molar-refractivity contribution in [2.24, 2.45) is 17.8 Å². The summed E-state index contributed by atoms with van der Waals surface area (Å²) in [6.07, 6.45) is 9.94. The van der Waals surface area contributed by atoms with Gasteiger partial charge < -0.3 is 9.47 Å². The monoisotopic (exact) mass is 416 g/mol. The van der Waals surface area contributed by atoms with Crippen molar-refractivity contribution in [1.29, 1.82) is 0 Å². The molecule has 4 atom stereocenters. The van der Waals surface area contributed by atoms with E-state index in [0.29, 0.717) is 25.4 Å². The highest BCUT2D eigenvalue weighted by Crippen LogP contribution is 2.33. The Bertz CT molecular complexity index is 627. The van der Waals surface area contributed by atoms with Gasteiger partial charge in [0.25, 0.3) is 0 Å². The van der Waals surface area contributed by atoms with Crippen LogP contribution >= 0.6 is 0 Å². The molecule has 2 rings (SSSR count). The number of hydrogen-bond acceptors (Lipinski definition) is 4. The lowest BCUT2D eigenvalue weighted by molar-refractivity contribution is -0.166. The second kappa shape index (κ2) is 13.5. The van der Waals surface area contributed by atoms with Crippen molar-refractivity contribution in [3.63, 3.8) is 0 Å². The molecule has 0 N–H and O–H groups in total. The first-order valence-corrected chi connectivity index (χ1v) is 12.0. The van der Waals surface area contributed by atoms with Gasteiger partial charge in [-0.25, -0.2) is 0 Å². The van der Waals surface area contributed by atoms with Gasteiger partial charge >= 0.3 is 11.9 Å². The van der Waals surface area contributed by atoms with Crippen LogP contribution in [0.5, 0.6) is 0 Å². The van der Waals surface area contributed by atoms with E-state index < -0.39 is 0 Å². The molecule has 1 aromatic rings. The Labute approximate surface area is 182 Å². The molecule has 168 valence electrons. The van der Waals surface area contributed by atoms with Gasteiger partial charge in [-0.15, -0.1) is 0 Å². The molecule has 1 fully saturated rings. The Morgan fingerprint density at radius 3 is 2.23 bits per heavy atom. The van der Waals surface area contributed by atoms with Crippen LogP contribution in [0.2, 0.25) is 0 Å². The van der Waals surface area contributed by atoms with Crippen molar-refractivity contribution >= 4 is 11.9 Å². The predicted octanol–water partition coefficient (Wildman–Crippen LogP) is 6.64. The topological polar surface area (TPSA) is 52.6 Å². The van der Waals surface area contributed by atoms with Crippen LogP contribution in [0.25, 0.3) is 0 Å². The van der Waals surface area contributed by atoms with Gasteiger partial charge in [0, 0.05) is 0 Å². The summed E-state index contributed by atoms with van der Waals surface area (Å²) in [7, 11) is 0. The lowest BCUT2D eigenvalue weighted by atomic mass is 9.79. The smallest absolute Gasteiger partial charge is 0.310 e. The Balaban J connectivity index is 1.91. The van der Waals surface area contributed by atoms with Crippen LogP contribution in [-0.2, 0) is 19.1 Å². The van der Waals surface area contributed by atoms with E-state index in [2.05, 4.69) is 13.8 Å². The minimum atomic E-state index is -0.387. The van der Waals surface area contributed by atoms with Crippen LogP contribution in [-0.4, -0.2) is 18.5 Å². The quantitative estimate of drug-likeness (QED) is 0.283. The zero-order valence-corrected chi connectivity index (χ0v) is 19.1. The van der Waals surface area contributed by atoms with E-state index in [-0.39, 0.29) is 29.9 Å². The Hall–Kier alpha value is -1.84. The van der Waals surface area contributed by atoms with Crippen LogP contribution < -0.4 is 0 Å². The minimum Gasteiger partial charge on any atom is -0.465 e. The number of ether oxygens (including phenoxy) is 2. The maximum Gasteiger partial charge on any atom is 0.310 e. The standard InChI is InChI=1S/C26H40O4/c1-4-6-8-14-21(13-5-2)19-29-25(27)23-17-11-12-18-24(23)26(28)30-20(3)22-15-9-7-10-16-22/h7,9-10,15-16,20-21,23-24H,4-6,8,11-14,17-19H2,1-3H3. The number of carbonyl (C=O) groups excluding carboxylic acids is 2. The van der Waals surface area contributed by atoms with E-state index in [1.165, 1.54) is 19.3 Å². The number of hydrogen-bond donors (Lipinski definition) is 0. The largest absolute Gasteiger partial charge is 0.465 e. The van der Waals surface area contributed by atoms with Gasteiger partial charge in [0.15, 0.2) is 0 Å². The summed E-state index contributed by atoms with van der Waals surface area (Å²) in [5.41, 5.74) is 0.968. The fourth-order valence-corrected chi connectivity index (χ4v) is 4.46. The van der Waals surface area contributed by atoms with E-state index in [1.807, 2.05) is 37.3 Å². The molecule has 4 nitrogen and oxygen atoms in total. The summed E-state index contributed by atoms with van der Waals surface area (Å²) >= 11 is 0. The molecule has 1 saturated carbocycles. The van der Waals surface area contributed by atoms with Crippen LogP contribution in [0, 0.1) is 17.8 Å². The highest BCUT2D eigenvalue weighted by atomic mass is 16.5. The molecule has 0 bridgehead atoms. The van der Waals surface area contributed by atoms with Gasteiger partial charge in [-0.1, -0.05) is 82.7 Å². The van der Waals surface area contributed by atoms with E-state index in [1.54, 1.807) is 0 Å². The summed E-state index contributed by atoms with van der Waals surface area (Å²) in [4.78, 5) is 25.8. The fourth-order valence-electron chi connectivity index (χ4n) is 4.46. The van der Waals surface area contributed by atoms with Gasteiger partial charge in [-0.2, -0.15) is 0 Å². The molecule has 1 aliphatic carbocycles. The molecule has 1 aromatic carbocycles. The molecule has 0 aliphatic heterocycles. The van der Waals surface area contributed by atoms with Gasteiger partial charge in [0.2, 0.25) is 0 Å². The summed E-state index contributed by atoms with van der Waals surface area (Å²) in [6, 6.07) is 9.73. The van der Waals surface area contributed by atoms with E-state index in [9.17, 15) is 9.59 Å². The maximum atomic E-state index is 12.9. The van der Waals surface area contributed by atoms with Crippen LogP contribution in [0.3, 0.4) is 0 Å². The first-order chi connectivity index (χ1) is 14.6. The molecule has 4 heteroatoms. The summed E-state index contributed by atoms with van der Waals surface area (Å²) in [5.74, 6) is -0.798. The Morgan fingerprint density at radius 1 is 0.933 bits per heavy atom. The molecule has 0 heterocycles. The van der Waals surface area contributed by atoms with Crippen molar-refractivity contribution in [3.8, 4) is 0 Å². The molecule has 0 amide bonds. The van der Waals surface area contributed by atoms with Crippen molar-refractivity contribution < 1.29 is 19.1 Å². The van der Waals surface area contributed by atoms with Crippen LogP contribution in [0.4, 0.5) is 0 Å². The summed E-state index contributed by atoms with van der Waals surface area (Å²) in [5, 5.41) is 0. The third-order valence-corrected chi connectivity index (χ3v) is 6.31. The number of unbranched alkanes of at least 4 members (excludes halogenated alkanes) is 2. The van der Waals surface area contributed by atoms with Gasteiger partial charge in [-0.05, 0) is 44.1 Å². The number of rotatable bonds is 12. The highest BCUT2D eigenvalue weighted by molar-refractivity contribution is 5.82. The summed E-state index contributed by atoms with van der Waals surface area (Å²) in [6.45, 7) is 6.75. The van der Waals surface area contributed by atoms with Crippen LogP contribution in [0.15, 0.2) is 30.3 Å². The predicted molar refractivity (Wildman–Crippen MR) is 120 cm³/mol. The molecule has 0 saturated heterocycles. The average Bonchev–Trinajstić information content (AvgIpc) is 2.78. The maximum absolute atomic E-state index is 12.9. The third kappa shape index (κ3) is 7.77. The van der Waals surface area contributed by atoms with Crippen LogP contribution in [0.1, 0.15) is 96.6 Å². The first kappa shape index (κ1) is 24.4. The molecule has 0 radical (unpaired) electrons. The number of benzene rings is 1. The second-order valence-corrected chi connectivity index (χ2v) is 8.77. The minimum absolute atomic E-state index is 0.208. The van der Waals surface area contributed by atoms with Crippen molar-refractivity contribution in [3.05, 3.63) is 35.9 Å². The summed E-state index contributed by atoms with van der Waals surface area (Å²) < 4.78 is 11.5. The SMILES string of the molecule is CCCCCC(CCC)COC(=O)C1CCCCC1C(=O)OC(C)c1ccccc1. The molecule has 1 aliphatic rings. The average molecular weight is 417 g/mol.